The van der Waals surface area contributed by atoms with E-state index in [1.165, 1.54) is 25.1 Å². The van der Waals surface area contributed by atoms with Crippen molar-refractivity contribution in [2.75, 3.05) is 69.2 Å². The first-order valence-corrected chi connectivity index (χ1v) is 14.1. The van der Waals surface area contributed by atoms with Crippen molar-refractivity contribution in [1.82, 2.24) is 9.80 Å². The Morgan fingerprint density at radius 2 is 1.16 bits per heavy atom. The quantitative estimate of drug-likeness (QED) is 0.470. The Bertz CT molecular complexity index is 876. The molecule has 0 bridgehead atoms. The first-order chi connectivity index (χ1) is 18.0. The Balaban J connectivity index is 0.000000327. The van der Waals surface area contributed by atoms with Crippen LogP contribution in [0.3, 0.4) is 0 Å². The van der Waals surface area contributed by atoms with Gasteiger partial charge in [0.25, 0.3) is 0 Å². The first kappa shape index (κ1) is 32.4. The normalized spacial score (nSPS) is 16.5. The molecular weight excluding hydrogens is 461 g/mol. The summed E-state index contributed by atoms with van der Waals surface area (Å²) >= 11 is 0. The van der Waals surface area contributed by atoms with Crippen molar-refractivity contribution in [3.8, 4) is 6.07 Å². The summed E-state index contributed by atoms with van der Waals surface area (Å²) in [4.78, 5) is 9.61. The zero-order valence-electron chi connectivity index (χ0n) is 24.4. The van der Waals surface area contributed by atoms with Crippen LogP contribution in [0.2, 0.25) is 0 Å². The lowest BCUT2D eigenvalue weighted by molar-refractivity contribution is 0.238. The molecule has 0 atom stereocenters. The van der Waals surface area contributed by atoms with Gasteiger partial charge in [0.2, 0.25) is 0 Å². The Morgan fingerprint density at radius 3 is 1.68 bits per heavy atom. The molecule has 37 heavy (non-hydrogen) atoms. The van der Waals surface area contributed by atoms with Crippen LogP contribution in [0.25, 0.3) is 0 Å². The average Bonchev–Trinajstić information content (AvgIpc) is 3.33. The van der Waals surface area contributed by atoms with E-state index in [0.29, 0.717) is 6.04 Å². The molecule has 4 rings (SSSR count). The molecule has 0 radical (unpaired) electrons. The summed E-state index contributed by atoms with van der Waals surface area (Å²) in [6, 6.07) is 17.5. The van der Waals surface area contributed by atoms with Crippen molar-refractivity contribution in [3.63, 3.8) is 0 Å². The van der Waals surface area contributed by atoms with Crippen LogP contribution in [-0.4, -0.2) is 75.2 Å². The number of halogens is 1. The highest BCUT2D eigenvalue weighted by molar-refractivity contribution is 5.50. The summed E-state index contributed by atoms with van der Waals surface area (Å²) in [7, 11) is 2.17. The maximum Gasteiger partial charge on any atom is 0.123 e. The molecule has 206 valence electrons. The molecule has 2 aromatic rings. The second-order valence-electron chi connectivity index (χ2n) is 9.25. The molecule has 0 N–H and O–H groups in total. The third kappa shape index (κ3) is 11.5. The monoisotopic (exact) mass is 511 g/mol. The van der Waals surface area contributed by atoms with E-state index >= 15 is 0 Å². The summed E-state index contributed by atoms with van der Waals surface area (Å²) in [5, 5.41) is 8.75. The van der Waals surface area contributed by atoms with Crippen LogP contribution in [0.4, 0.5) is 15.8 Å². The Hall–Kier alpha value is -2.62. The van der Waals surface area contributed by atoms with Gasteiger partial charge in [-0.3, -0.25) is 4.90 Å². The van der Waals surface area contributed by atoms with Gasteiger partial charge in [-0.05, 0) is 88.8 Å². The minimum absolute atomic E-state index is 0.160. The molecule has 5 nitrogen and oxygen atoms in total. The topological polar surface area (TPSA) is 36.8 Å². The van der Waals surface area contributed by atoms with Gasteiger partial charge in [-0.1, -0.05) is 27.7 Å². The minimum Gasteiger partial charge on any atom is -0.370 e. The fourth-order valence-electron chi connectivity index (χ4n) is 4.42. The highest BCUT2D eigenvalue weighted by atomic mass is 19.1. The molecule has 2 aromatic carbocycles. The van der Waals surface area contributed by atoms with Gasteiger partial charge in [0.1, 0.15) is 5.82 Å². The molecule has 0 aromatic heterocycles. The molecule has 2 aliphatic rings. The minimum atomic E-state index is -0.160. The lowest BCUT2D eigenvalue weighted by Crippen LogP contribution is -2.35. The molecule has 0 amide bonds. The van der Waals surface area contributed by atoms with Crippen molar-refractivity contribution >= 4 is 11.4 Å². The van der Waals surface area contributed by atoms with E-state index in [0.717, 1.165) is 57.1 Å². The summed E-state index contributed by atoms with van der Waals surface area (Å²) in [6.45, 7) is 21.3. The maximum atomic E-state index is 12.9. The van der Waals surface area contributed by atoms with Gasteiger partial charge in [-0.25, -0.2) is 4.39 Å². The van der Waals surface area contributed by atoms with Gasteiger partial charge in [0.05, 0.1) is 11.6 Å². The van der Waals surface area contributed by atoms with Crippen molar-refractivity contribution in [2.45, 2.75) is 60.4 Å². The molecule has 0 aliphatic carbocycles. The third-order valence-electron chi connectivity index (χ3n) is 6.53. The van der Waals surface area contributed by atoms with Crippen LogP contribution in [0.1, 0.15) is 59.9 Å². The lowest BCUT2D eigenvalue weighted by Gasteiger charge is -2.25. The molecule has 0 unspecified atom stereocenters. The van der Waals surface area contributed by atoms with Gasteiger partial charge in [0, 0.05) is 63.2 Å². The second-order valence-corrected chi connectivity index (χ2v) is 9.25. The zero-order chi connectivity index (χ0) is 27.6. The fourth-order valence-corrected chi connectivity index (χ4v) is 4.42. The van der Waals surface area contributed by atoms with Crippen molar-refractivity contribution in [2.24, 2.45) is 0 Å². The molecule has 0 spiro atoms. The van der Waals surface area contributed by atoms with Gasteiger partial charge < -0.3 is 14.7 Å². The van der Waals surface area contributed by atoms with E-state index in [-0.39, 0.29) is 5.82 Å². The van der Waals surface area contributed by atoms with Crippen molar-refractivity contribution in [1.29, 1.82) is 5.26 Å². The third-order valence-corrected chi connectivity index (χ3v) is 6.53. The fraction of sp³-hybridized carbons (Fsp3) is 0.581. The molecule has 0 saturated carbocycles. The Kier molecular flexibility index (Phi) is 16.3. The number of hydrogen-bond acceptors (Lipinski definition) is 5. The maximum absolute atomic E-state index is 12.9. The number of hydrogen-bond donors (Lipinski definition) is 0. The van der Waals surface area contributed by atoms with E-state index in [2.05, 4.69) is 46.6 Å². The Morgan fingerprint density at radius 1 is 0.676 bits per heavy atom. The number of benzene rings is 2. The number of rotatable bonds is 3. The number of nitriles is 1. The summed E-state index contributed by atoms with van der Waals surface area (Å²) < 4.78 is 12.9. The smallest absolute Gasteiger partial charge is 0.123 e. The molecule has 2 heterocycles. The zero-order valence-corrected chi connectivity index (χ0v) is 24.4. The standard InChI is InChI=1S/C14H21FN2.C13H17N3.2C2H6/c1-12(2)16-8-3-9-17(11-10-16)14-6-4-13(15)5-7-14;1-15-7-2-8-16(10-9-15)13-5-3-12(11-14)4-6-13;2*1-2/h4-7,12H,3,8-11H2,1-2H3;3-6H,2,7-10H2,1H3;2*1-2H3. The summed E-state index contributed by atoms with van der Waals surface area (Å²) in [5.74, 6) is -0.160. The van der Waals surface area contributed by atoms with Gasteiger partial charge in [0.15, 0.2) is 0 Å². The molecule has 6 heteroatoms. The number of nitrogens with zero attached hydrogens (tertiary/aromatic N) is 5. The molecule has 2 aliphatic heterocycles. The van der Waals surface area contributed by atoms with Crippen LogP contribution < -0.4 is 9.80 Å². The second kappa shape index (κ2) is 18.6. The van der Waals surface area contributed by atoms with Crippen molar-refractivity contribution < 1.29 is 4.39 Å². The SMILES string of the molecule is CC.CC.CC(C)N1CCCN(c2ccc(F)cc2)CC1.CN1CCCN(c2ccc(C#N)cc2)CC1. The lowest BCUT2D eigenvalue weighted by atomic mass is 10.2. The molecular formula is C31H50FN5. The predicted molar refractivity (Wildman–Crippen MR) is 158 cm³/mol. The number of likely N-dealkylation sites (N-methyl/N-ethyl adjacent to an activating group) is 1. The van der Waals surface area contributed by atoms with E-state index < -0.39 is 0 Å². The first-order valence-electron chi connectivity index (χ1n) is 14.1. The highest BCUT2D eigenvalue weighted by Crippen LogP contribution is 2.18. The summed E-state index contributed by atoms with van der Waals surface area (Å²) in [6.07, 6.45) is 2.38. The van der Waals surface area contributed by atoms with E-state index in [9.17, 15) is 4.39 Å². The van der Waals surface area contributed by atoms with Gasteiger partial charge in [-0.2, -0.15) is 5.26 Å². The van der Waals surface area contributed by atoms with Gasteiger partial charge >= 0.3 is 0 Å². The van der Waals surface area contributed by atoms with E-state index in [1.54, 1.807) is 12.1 Å². The highest BCUT2D eigenvalue weighted by Gasteiger charge is 2.17. The molecule has 2 fully saturated rings. The van der Waals surface area contributed by atoms with E-state index in [1.807, 2.05) is 64.1 Å². The Labute approximate surface area is 226 Å². The summed E-state index contributed by atoms with van der Waals surface area (Å²) in [5.41, 5.74) is 3.10. The van der Waals surface area contributed by atoms with Crippen LogP contribution in [0, 0.1) is 17.1 Å². The predicted octanol–water partition coefficient (Wildman–Crippen LogP) is 6.50. The van der Waals surface area contributed by atoms with Crippen molar-refractivity contribution in [3.05, 3.63) is 59.9 Å². The molecule has 2 saturated heterocycles. The van der Waals surface area contributed by atoms with Crippen LogP contribution >= 0.6 is 0 Å². The van der Waals surface area contributed by atoms with E-state index in [4.69, 9.17) is 5.26 Å². The van der Waals surface area contributed by atoms with Crippen LogP contribution in [-0.2, 0) is 0 Å². The average molecular weight is 512 g/mol. The largest absolute Gasteiger partial charge is 0.370 e. The van der Waals surface area contributed by atoms with Crippen LogP contribution in [0.5, 0.6) is 0 Å². The number of anilines is 2. The van der Waals surface area contributed by atoms with Gasteiger partial charge in [-0.15, -0.1) is 0 Å². The van der Waals surface area contributed by atoms with Crippen LogP contribution in [0.15, 0.2) is 48.5 Å².